The first kappa shape index (κ1) is 16.2. The van der Waals surface area contributed by atoms with Crippen molar-refractivity contribution >= 4 is 5.78 Å². The molecule has 1 aromatic rings. The van der Waals surface area contributed by atoms with Gasteiger partial charge in [-0.15, -0.1) is 0 Å². The number of hydrogen-bond acceptors (Lipinski definition) is 2. The minimum Gasteiger partial charge on any atom is -0.299 e. The fraction of sp³-hybridized carbons (Fsp3) is 0.684. The molecular formula is C19H29NO. The maximum Gasteiger partial charge on any atom is 0.136 e. The van der Waals surface area contributed by atoms with Gasteiger partial charge in [-0.1, -0.05) is 33.3 Å². The summed E-state index contributed by atoms with van der Waals surface area (Å²) in [6.07, 6.45) is 8.03. The van der Waals surface area contributed by atoms with Gasteiger partial charge in [0.25, 0.3) is 0 Å². The second-order valence-electron chi connectivity index (χ2n) is 7.07. The lowest BCUT2D eigenvalue weighted by Crippen LogP contribution is -2.33. The van der Waals surface area contributed by atoms with Gasteiger partial charge in [0.2, 0.25) is 0 Å². The third-order valence-electron chi connectivity index (χ3n) is 5.02. The van der Waals surface area contributed by atoms with E-state index in [1.807, 2.05) is 24.4 Å². The Bertz CT molecular complexity index is 440. The molecule has 1 aromatic heterocycles. The van der Waals surface area contributed by atoms with Crippen LogP contribution >= 0.6 is 0 Å². The van der Waals surface area contributed by atoms with Crippen LogP contribution in [0.3, 0.4) is 0 Å². The van der Waals surface area contributed by atoms with Crippen molar-refractivity contribution in [2.24, 2.45) is 23.7 Å². The van der Waals surface area contributed by atoms with Crippen molar-refractivity contribution in [3.63, 3.8) is 0 Å². The van der Waals surface area contributed by atoms with Gasteiger partial charge in [-0.25, -0.2) is 0 Å². The predicted octanol–water partition coefficient (Wildman–Crippen LogP) is 4.68. The zero-order chi connectivity index (χ0) is 15.2. The van der Waals surface area contributed by atoms with Crippen molar-refractivity contribution in [2.75, 3.05) is 0 Å². The number of carbonyl (C=O) groups is 1. The van der Waals surface area contributed by atoms with Gasteiger partial charge in [0.15, 0.2) is 0 Å². The lowest BCUT2D eigenvalue weighted by atomic mass is 9.68. The second kappa shape index (κ2) is 7.72. The molecule has 0 amide bonds. The molecule has 1 heterocycles. The molecule has 1 saturated carbocycles. The highest BCUT2D eigenvalue weighted by molar-refractivity contribution is 5.81. The molecule has 2 heteroatoms. The maximum atomic E-state index is 12.6. The number of aryl methyl sites for hydroxylation is 1. The summed E-state index contributed by atoms with van der Waals surface area (Å²) in [6, 6.07) is 6.00. The Morgan fingerprint density at radius 1 is 1.33 bits per heavy atom. The van der Waals surface area contributed by atoms with Gasteiger partial charge in [-0.3, -0.25) is 9.78 Å². The molecule has 1 aliphatic carbocycles. The quantitative estimate of drug-likeness (QED) is 0.760. The molecule has 3 atom stereocenters. The Balaban J connectivity index is 1.85. The monoisotopic (exact) mass is 287 g/mol. The predicted molar refractivity (Wildman–Crippen MR) is 87.0 cm³/mol. The number of hydrogen-bond donors (Lipinski definition) is 0. The first-order chi connectivity index (χ1) is 10.1. The minimum atomic E-state index is 0.303. The summed E-state index contributed by atoms with van der Waals surface area (Å²) < 4.78 is 0. The highest BCUT2D eigenvalue weighted by Gasteiger charge is 2.34. The van der Waals surface area contributed by atoms with Crippen molar-refractivity contribution in [3.05, 3.63) is 30.1 Å². The zero-order valence-corrected chi connectivity index (χ0v) is 13.7. The van der Waals surface area contributed by atoms with E-state index in [0.29, 0.717) is 29.5 Å². The average Bonchev–Trinajstić information content (AvgIpc) is 2.47. The molecule has 2 rings (SSSR count). The minimum absolute atomic E-state index is 0.303. The van der Waals surface area contributed by atoms with Crippen LogP contribution in [0.4, 0.5) is 0 Å². The zero-order valence-electron chi connectivity index (χ0n) is 13.7. The lowest BCUT2D eigenvalue weighted by molar-refractivity contribution is -0.127. The number of carbonyl (C=O) groups excluding carboxylic acids is 1. The molecule has 0 spiro atoms. The molecule has 21 heavy (non-hydrogen) atoms. The van der Waals surface area contributed by atoms with Crippen molar-refractivity contribution in [2.45, 2.75) is 59.3 Å². The highest BCUT2D eigenvalue weighted by Crippen LogP contribution is 2.39. The molecule has 2 nitrogen and oxygen atoms in total. The second-order valence-corrected chi connectivity index (χ2v) is 7.07. The fourth-order valence-electron chi connectivity index (χ4n) is 3.75. The van der Waals surface area contributed by atoms with Gasteiger partial charge >= 0.3 is 0 Å². The van der Waals surface area contributed by atoms with Crippen molar-refractivity contribution in [3.8, 4) is 0 Å². The smallest absolute Gasteiger partial charge is 0.136 e. The third-order valence-corrected chi connectivity index (χ3v) is 5.02. The molecule has 0 radical (unpaired) electrons. The van der Waals surface area contributed by atoms with E-state index in [1.54, 1.807) is 0 Å². The highest BCUT2D eigenvalue weighted by atomic mass is 16.1. The van der Waals surface area contributed by atoms with Crippen LogP contribution in [0, 0.1) is 23.7 Å². The van der Waals surface area contributed by atoms with E-state index < -0.39 is 0 Å². The topological polar surface area (TPSA) is 30.0 Å². The molecule has 0 unspecified atom stereocenters. The van der Waals surface area contributed by atoms with Crippen LogP contribution in [0.25, 0.3) is 0 Å². The summed E-state index contributed by atoms with van der Waals surface area (Å²) >= 11 is 0. The number of pyridine rings is 1. The molecule has 0 bridgehead atoms. The van der Waals surface area contributed by atoms with E-state index in [1.165, 1.54) is 12.8 Å². The number of ketones is 1. The summed E-state index contributed by atoms with van der Waals surface area (Å²) in [5.41, 5.74) is 1.10. The van der Waals surface area contributed by atoms with Crippen LogP contribution in [0.15, 0.2) is 24.4 Å². The molecule has 1 aliphatic rings. The number of aromatic nitrogens is 1. The summed E-state index contributed by atoms with van der Waals surface area (Å²) in [5, 5.41) is 0. The van der Waals surface area contributed by atoms with Gasteiger partial charge in [-0.2, -0.15) is 0 Å². The standard InChI is InChI=1S/C19H29NO/c1-14(2)17-11-10-15(3)13-18(17)19(21)9-6-8-16-7-4-5-12-20-16/h4-5,7,12,14-15,17-18H,6,8-11,13H2,1-3H3/t15-,17+,18-/m1/s1. The van der Waals surface area contributed by atoms with Crippen molar-refractivity contribution in [1.29, 1.82) is 0 Å². The summed E-state index contributed by atoms with van der Waals surface area (Å²) in [6.45, 7) is 6.84. The van der Waals surface area contributed by atoms with E-state index >= 15 is 0 Å². The summed E-state index contributed by atoms with van der Waals surface area (Å²) in [7, 11) is 0. The van der Waals surface area contributed by atoms with E-state index in [2.05, 4.69) is 25.8 Å². The Morgan fingerprint density at radius 2 is 2.14 bits per heavy atom. The largest absolute Gasteiger partial charge is 0.299 e. The van der Waals surface area contributed by atoms with Gasteiger partial charge < -0.3 is 0 Å². The molecule has 0 aromatic carbocycles. The number of nitrogens with zero attached hydrogens (tertiary/aromatic N) is 1. The lowest BCUT2D eigenvalue weighted by Gasteiger charge is -2.36. The Morgan fingerprint density at radius 3 is 2.81 bits per heavy atom. The molecule has 116 valence electrons. The molecule has 1 fully saturated rings. The average molecular weight is 287 g/mol. The van der Waals surface area contributed by atoms with Crippen LogP contribution in [0.2, 0.25) is 0 Å². The molecule has 0 saturated heterocycles. The van der Waals surface area contributed by atoms with Crippen LogP contribution < -0.4 is 0 Å². The van der Waals surface area contributed by atoms with Crippen LogP contribution in [0.5, 0.6) is 0 Å². The van der Waals surface area contributed by atoms with Gasteiger partial charge in [-0.05, 0) is 55.6 Å². The van der Waals surface area contributed by atoms with E-state index in [4.69, 9.17) is 0 Å². The Kier molecular flexibility index (Phi) is 5.96. The van der Waals surface area contributed by atoms with Crippen LogP contribution in [0.1, 0.15) is 58.6 Å². The maximum absolute atomic E-state index is 12.6. The van der Waals surface area contributed by atoms with E-state index in [-0.39, 0.29) is 0 Å². The van der Waals surface area contributed by atoms with Crippen molar-refractivity contribution in [1.82, 2.24) is 4.98 Å². The van der Waals surface area contributed by atoms with Crippen LogP contribution in [-0.2, 0) is 11.2 Å². The van der Waals surface area contributed by atoms with Gasteiger partial charge in [0, 0.05) is 24.2 Å². The molecule has 0 aliphatic heterocycles. The van der Waals surface area contributed by atoms with Gasteiger partial charge in [0.05, 0.1) is 0 Å². The van der Waals surface area contributed by atoms with Crippen LogP contribution in [-0.4, -0.2) is 10.8 Å². The summed E-state index contributed by atoms with van der Waals surface area (Å²) in [4.78, 5) is 17.0. The molecular weight excluding hydrogens is 258 g/mol. The third kappa shape index (κ3) is 4.66. The normalized spacial score (nSPS) is 26.0. The summed E-state index contributed by atoms with van der Waals surface area (Å²) in [5.74, 6) is 2.74. The first-order valence-corrected chi connectivity index (χ1v) is 8.50. The Labute approximate surface area is 129 Å². The Hall–Kier alpha value is -1.18. The van der Waals surface area contributed by atoms with E-state index in [0.717, 1.165) is 31.4 Å². The fourth-order valence-corrected chi connectivity index (χ4v) is 3.75. The van der Waals surface area contributed by atoms with E-state index in [9.17, 15) is 4.79 Å². The first-order valence-electron chi connectivity index (χ1n) is 8.50. The number of Topliss-reactive ketones (excluding diaryl/α,β-unsaturated/α-hetero) is 1. The van der Waals surface area contributed by atoms with Crippen molar-refractivity contribution < 1.29 is 4.79 Å². The molecule has 0 N–H and O–H groups in total. The number of rotatable bonds is 6. The SMILES string of the molecule is CC(C)[C@@H]1CC[C@@H](C)C[C@H]1C(=O)CCCc1ccccn1. The van der Waals surface area contributed by atoms with Gasteiger partial charge in [0.1, 0.15) is 5.78 Å².